The molecule has 0 spiro atoms. The van der Waals surface area contributed by atoms with Gasteiger partial charge in [-0.2, -0.15) is 31.6 Å². The molecule has 1 aromatic carbocycles. The van der Waals surface area contributed by atoms with Crippen LogP contribution in [-0.4, -0.2) is 35.3 Å². The number of hydrogen-bond acceptors (Lipinski definition) is 5. The highest BCUT2D eigenvalue weighted by Crippen LogP contribution is 2.36. The van der Waals surface area contributed by atoms with Gasteiger partial charge in [-0.15, -0.1) is 0 Å². The van der Waals surface area contributed by atoms with E-state index in [0.717, 1.165) is 0 Å². The number of esters is 1. The summed E-state index contributed by atoms with van der Waals surface area (Å²) in [5.41, 5.74) is -2.94. The average Bonchev–Trinajstić information content (AvgIpc) is 3.16. The Labute approximate surface area is 201 Å². The SMILES string of the molecule is CCOCCOC(=O)/C(C#N)=C/c1cn(Cc2cc(C(F)(F)F)cc(C(F)(F)F)c2)c2ncccc12. The van der Waals surface area contributed by atoms with Crippen LogP contribution in [-0.2, 0) is 33.2 Å². The van der Waals surface area contributed by atoms with Crippen LogP contribution in [0.1, 0.15) is 29.2 Å². The van der Waals surface area contributed by atoms with Crippen LogP contribution in [0.3, 0.4) is 0 Å². The molecule has 0 saturated carbocycles. The van der Waals surface area contributed by atoms with Crippen molar-refractivity contribution in [2.45, 2.75) is 25.8 Å². The van der Waals surface area contributed by atoms with Gasteiger partial charge in [0.25, 0.3) is 0 Å². The summed E-state index contributed by atoms with van der Waals surface area (Å²) in [4.78, 5) is 16.4. The minimum Gasteiger partial charge on any atom is -0.459 e. The van der Waals surface area contributed by atoms with Crippen molar-refractivity contribution in [3.8, 4) is 6.07 Å². The topological polar surface area (TPSA) is 77.1 Å². The zero-order valence-corrected chi connectivity index (χ0v) is 18.8. The first-order valence-electron chi connectivity index (χ1n) is 10.5. The highest BCUT2D eigenvalue weighted by Gasteiger charge is 2.37. The Bertz CT molecular complexity index is 1290. The summed E-state index contributed by atoms with van der Waals surface area (Å²) in [6.45, 7) is 1.86. The molecule has 0 fully saturated rings. The number of nitriles is 1. The largest absolute Gasteiger partial charge is 0.459 e. The van der Waals surface area contributed by atoms with Crippen molar-refractivity contribution in [1.29, 1.82) is 5.26 Å². The highest BCUT2D eigenvalue weighted by atomic mass is 19.4. The van der Waals surface area contributed by atoms with Gasteiger partial charge in [0, 0.05) is 36.5 Å². The summed E-state index contributed by atoms with van der Waals surface area (Å²) in [6.07, 6.45) is -5.96. The molecule has 0 saturated heterocycles. The molecule has 0 radical (unpaired) electrons. The Balaban J connectivity index is 2.01. The van der Waals surface area contributed by atoms with E-state index in [0.29, 0.717) is 29.7 Å². The first-order valence-corrected chi connectivity index (χ1v) is 10.5. The standard InChI is InChI=1S/C24H19F6N3O3/c1-2-35-6-7-36-22(34)16(12-31)10-17-14-33(21-20(17)4-3-5-32-21)13-15-8-18(23(25,26)27)11-19(9-15)24(28,29)30/h3-5,8-11,14H,2,6-7,13H2,1H3/b16-10+. The molecule has 12 heteroatoms. The maximum Gasteiger partial charge on any atom is 0.416 e. The third-order valence-electron chi connectivity index (χ3n) is 4.97. The number of halogens is 6. The third-order valence-corrected chi connectivity index (χ3v) is 4.97. The minimum absolute atomic E-state index is 0.0556. The summed E-state index contributed by atoms with van der Waals surface area (Å²) >= 11 is 0. The third kappa shape index (κ3) is 6.42. The molecule has 2 heterocycles. The van der Waals surface area contributed by atoms with E-state index in [1.54, 1.807) is 25.1 Å². The van der Waals surface area contributed by atoms with Gasteiger partial charge in [0.05, 0.1) is 17.7 Å². The van der Waals surface area contributed by atoms with Crippen LogP contribution in [0.2, 0.25) is 0 Å². The van der Waals surface area contributed by atoms with E-state index in [2.05, 4.69) is 4.98 Å². The highest BCUT2D eigenvalue weighted by molar-refractivity contribution is 6.00. The molecule has 190 valence electrons. The molecule has 0 aliphatic rings. The molecule has 0 unspecified atom stereocenters. The van der Waals surface area contributed by atoms with E-state index in [4.69, 9.17) is 9.47 Å². The number of alkyl halides is 6. The Hall–Kier alpha value is -3.85. The lowest BCUT2D eigenvalue weighted by molar-refractivity contribution is -0.143. The molecule has 0 aliphatic heterocycles. The predicted molar refractivity (Wildman–Crippen MR) is 116 cm³/mol. The van der Waals surface area contributed by atoms with Crippen LogP contribution < -0.4 is 0 Å². The monoisotopic (exact) mass is 511 g/mol. The number of pyridine rings is 1. The van der Waals surface area contributed by atoms with Crippen molar-refractivity contribution < 1.29 is 40.6 Å². The van der Waals surface area contributed by atoms with E-state index in [1.807, 2.05) is 0 Å². The summed E-state index contributed by atoms with van der Waals surface area (Å²) in [5.74, 6) is -0.908. The number of carbonyl (C=O) groups is 1. The van der Waals surface area contributed by atoms with E-state index in [9.17, 15) is 36.4 Å². The molecule has 0 N–H and O–H groups in total. The van der Waals surface area contributed by atoms with Gasteiger partial charge in [-0.25, -0.2) is 9.78 Å². The molecule has 0 atom stereocenters. The fourth-order valence-corrected chi connectivity index (χ4v) is 3.40. The van der Waals surface area contributed by atoms with Crippen molar-refractivity contribution in [2.75, 3.05) is 19.8 Å². The molecule has 0 aliphatic carbocycles. The lowest BCUT2D eigenvalue weighted by atomic mass is 10.0. The van der Waals surface area contributed by atoms with Gasteiger partial charge < -0.3 is 14.0 Å². The van der Waals surface area contributed by atoms with E-state index >= 15 is 0 Å². The smallest absolute Gasteiger partial charge is 0.416 e. The van der Waals surface area contributed by atoms with Gasteiger partial charge in [0.15, 0.2) is 0 Å². The molecule has 3 rings (SSSR count). The number of hydrogen-bond donors (Lipinski definition) is 0. The quantitative estimate of drug-likeness (QED) is 0.129. The molecule has 36 heavy (non-hydrogen) atoms. The molecule has 3 aromatic rings. The van der Waals surface area contributed by atoms with Crippen LogP contribution in [0, 0.1) is 11.3 Å². The molecule has 2 aromatic heterocycles. The Kier molecular flexibility index (Phi) is 8.04. The van der Waals surface area contributed by atoms with Crippen LogP contribution in [0.25, 0.3) is 17.1 Å². The van der Waals surface area contributed by atoms with E-state index < -0.39 is 29.4 Å². The van der Waals surface area contributed by atoms with Crippen molar-refractivity contribution in [3.05, 3.63) is 70.6 Å². The molecular weight excluding hydrogens is 492 g/mol. The first-order chi connectivity index (χ1) is 16.9. The predicted octanol–water partition coefficient (Wildman–Crippen LogP) is 5.61. The lowest BCUT2D eigenvalue weighted by Crippen LogP contribution is -2.12. The van der Waals surface area contributed by atoms with Crippen molar-refractivity contribution in [2.24, 2.45) is 0 Å². The summed E-state index contributed by atoms with van der Waals surface area (Å²) in [5, 5.41) is 9.83. The van der Waals surface area contributed by atoms with E-state index in [-0.39, 0.29) is 42.6 Å². The fourth-order valence-electron chi connectivity index (χ4n) is 3.40. The van der Waals surface area contributed by atoms with E-state index in [1.165, 1.54) is 23.0 Å². The maximum absolute atomic E-state index is 13.2. The van der Waals surface area contributed by atoms with Crippen molar-refractivity contribution in [1.82, 2.24) is 9.55 Å². The van der Waals surface area contributed by atoms with Crippen molar-refractivity contribution in [3.63, 3.8) is 0 Å². The molecule has 0 amide bonds. The summed E-state index contributed by atoms with van der Waals surface area (Å²) in [6, 6.07) is 6.20. The first kappa shape index (κ1) is 26.7. The van der Waals surface area contributed by atoms with Gasteiger partial charge in [0.2, 0.25) is 0 Å². The fraction of sp³-hybridized carbons (Fsp3) is 0.292. The number of nitrogens with zero attached hydrogens (tertiary/aromatic N) is 3. The minimum atomic E-state index is -4.98. The summed E-state index contributed by atoms with van der Waals surface area (Å²) < 4.78 is 90.9. The van der Waals surface area contributed by atoms with Gasteiger partial charge in [0.1, 0.15) is 23.9 Å². The number of carbonyl (C=O) groups excluding carboxylic acids is 1. The maximum atomic E-state index is 13.2. The molecule has 6 nitrogen and oxygen atoms in total. The number of fused-ring (bicyclic) bond motifs is 1. The van der Waals surface area contributed by atoms with Gasteiger partial charge >= 0.3 is 18.3 Å². The van der Waals surface area contributed by atoms with Crippen LogP contribution in [0.4, 0.5) is 26.3 Å². The van der Waals surface area contributed by atoms with Gasteiger partial charge in [-0.05, 0) is 48.9 Å². The van der Waals surface area contributed by atoms with Crippen LogP contribution in [0.5, 0.6) is 0 Å². The zero-order chi connectivity index (χ0) is 26.5. The Morgan fingerprint density at radius 2 is 1.78 bits per heavy atom. The average molecular weight is 511 g/mol. The normalized spacial score (nSPS) is 12.6. The lowest BCUT2D eigenvalue weighted by Gasteiger charge is -2.14. The number of rotatable bonds is 8. The Morgan fingerprint density at radius 1 is 1.11 bits per heavy atom. The second-order valence-corrected chi connectivity index (χ2v) is 7.50. The number of aromatic nitrogens is 2. The second-order valence-electron chi connectivity index (χ2n) is 7.50. The number of benzene rings is 1. The van der Waals surface area contributed by atoms with Gasteiger partial charge in [-0.3, -0.25) is 0 Å². The summed E-state index contributed by atoms with van der Waals surface area (Å²) in [7, 11) is 0. The van der Waals surface area contributed by atoms with Crippen molar-refractivity contribution >= 4 is 23.1 Å². The number of ether oxygens (including phenoxy) is 2. The van der Waals surface area contributed by atoms with Crippen LogP contribution >= 0.6 is 0 Å². The Morgan fingerprint density at radius 3 is 2.36 bits per heavy atom. The molecule has 0 bridgehead atoms. The zero-order valence-electron chi connectivity index (χ0n) is 18.8. The second kappa shape index (κ2) is 10.8. The van der Waals surface area contributed by atoms with Crippen LogP contribution in [0.15, 0.2) is 48.3 Å². The molecular formula is C24H19F6N3O3. The van der Waals surface area contributed by atoms with Gasteiger partial charge in [-0.1, -0.05) is 0 Å².